The molecule has 2 fully saturated rings. The lowest BCUT2D eigenvalue weighted by molar-refractivity contribution is 0.0300. The standard InChI is InChI=1S/C30H33N3O12S/c1-17-27(29(34)32-4-8-40-9-5-32)18-12-24(22(38-2)14-20(18)43-17)42-16-26-28(30(35)33-6-10-41-11-7-33)19-13-25(45-46(31,36)37)23(39-3)15-21(19)44-26/h12-15H,4-11,16H2,1-3H3,(H2,31,36,37). The Kier molecular flexibility index (Phi) is 8.69. The Bertz CT molecular complexity index is 1900. The van der Waals surface area contributed by atoms with Crippen LogP contribution in [0.4, 0.5) is 0 Å². The van der Waals surface area contributed by atoms with E-state index < -0.39 is 10.3 Å². The van der Waals surface area contributed by atoms with Crippen molar-refractivity contribution in [2.24, 2.45) is 5.14 Å². The summed E-state index contributed by atoms with van der Waals surface area (Å²) >= 11 is 0. The van der Waals surface area contributed by atoms with Crippen LogP contribution in [-0.2, 0) is 26.4 Å². The molecule has 0 unspecified atom stereocenters. The monoisotopic (exact) mass is 659 g/mol. The van der Waals surface area contributed by atoms with Gasteiger partial charge in [0, 0.05) is 49.1 Å². The molecule has 0 saturated carbocycles. The Morgan fingerprint density at radius 2 is 1.26 bits per heavy atom. The van der Waals surface area contributed by atoms with Gasteiger partial charge in [-0.05, 0) is 19.1 Å². The SMILES string of the molecule is COc1cc2oc(C)c(C(=O)N3CCOCC3)c2cc1OCc1oc2cc(OC)c(OS(N)(=O)=O)cc2c1C(=O)N1CCOCC1. The van der Waals surface area contributed by atoms with E-state index in [4.69, 9.17) is 41.8 Å². The maximum absolute atomic E-state index is 13.9. The molecule has 4 aromatic rings. The first-order chi connectivity index (χ1) is 22.1. The first kappa shape index (κ1) is 31.5. The highest BCUT2D eigenvalue weighted by molar-refractivity contribution is 7.84. The van der Waals surface area contributed by atoms with Crippen LogP contribution in [0.5, 0.6) is 23.0 Å². The summed E-state index contributed by atoms with van der Waals surface area (Å²) in [5.74, 6) is 0.442. The van der Waals surface area contributed by atoms with Crippen molar-refractivity contribution in [3.05, 3.63) is 46.9 Å². The van der Waals surface area contributed by atoms with Gasteiger partial charge in [-0.2, -0.15) is 13.6 Å². The fourth-order valence-corrected chi connectivity index (χ4v) is 5.98. The molecule has 2 aromatic heterocycles. The summed E-state index contributed by atoms with van der Waals surface area (Å²) in [4.78, 5) is 30.7. The third kappa shape index (κ3) is 6.16. The van der Waals surface area contributed by atoms with Crippen molar-refractivity contribution in [1.29, 1.82) is 0 Å². The maximum Gasteiger partial charge on any atom is 0.380 e. The average Bonchev–Trinajstić information content (AvgIpc) is 3.57. The van der Waals surface area contributed by atoms with Crippen molar-refractivity contribution in [3.63, 3.8) is 0 Å². The van der Waals surface area contributed by atoms with E-state index in [2.05, 4.69) is 0 Å². The third-order valence-electron chi connectivity index (χ3n) is 7.79. The van der Waals surface area contributed by atoms with Gasteiger partial charge in [0.2, 0.25) is 0 Å². The molecule has 2 saturated heterocycles. The number of amides is 2. The van der Waals surface area contributed by atoms with Crippen molar-refractivity contribution < 1.29 is 54.7 Å². The van der Waals surface area contributed by atoms with Gasteiger partial charge in [-0.25, -0.2) is 0 Å². The van der Waals surface area contributed by atoms with Crippen LogP contribution in [0.2, 0.25) is 0 Å². The van der Waals surface area contributed by atoms with E-state index >= 15 is 0 Å². The molecule has 6 rings (SSSR count). The zero-order valence-corrected chi connectivity index (χ0v) is 26.3. The molecule has 0 aliphatic carbocycles. The minimum Gasteiger partial charge on any atom is -0.493 e. The van der Waals surface area contributed by atoms with Gasteiger partial charge in [0.15, 0.2) is 28.8 Å². The number of methoxy groups -OCH3 is 2. The molecule has 2 aliphatic heterocycles. The fraction of sp³-hybridized carbons (Fsp3) is 0.400. The zero-order chi connectivity index (χ0) is 32.6. The molecule has 16 heteroatoms. The maximum atomic E-state index is 13.9. The molecular formula is C30H33N3O12S. The van der Waals surface area contributed by atoms with Crippen molar-refractivity contribution in [2.45, 2.75) is 13.5 Å². The molecular weight excluding hydrogens is 626 g/mol. The van der Waals surface area contributed by atoms with Crippen molar-refractivity contribution in [3.8, 4) is 23.0 Å². The topological polar surface area (TPSA) is 182 Å². The molecule has 0 bridgehead atoms. The minimum atomic E-state index is -4.41. The first-order valence-corrected chi connectivity index (χ1v) is 15.9. The van der Waals surface area contributed by atoms with E-state index in [9.17, 15) is 18.0 Å². The van der Waals surface area contributed by atoms with Crippen LogP contribution in [0.25, 0.3) is 21.9 Å². The van der Waals surface area contributed by atoms with E-state index in [-0.39, 0.29) is 58.0 Å². The Balaban J connectivity index is 1.40. The van der Waals surface area contributed by atoms with Gasteiger partial charge >= 0.3 is 10.3 Å². The lowest BCUT2D eigenvalue weighted by Crippen LogP contribution is -2.41. The molecule has 0 spiro atoms. The van der Waals surface area contributed by atoms with Gasteiger partial charge in [0.25, 0.3) is 11.8 Å². The molecule has 15 nitrogen and oxygen atoms in total. The number of hydrogen-bond acceptors (Lipinski definition) is 12. The number of morpholine rings is 2. The van der Waals surface area contributed by atoms with E-state index in [0.717, 1.165) is 0 Å². The minimum absolute atomic E-state index is 0.0213. The zero-order valence-electron chi connectivity index (χ0n) is 25.5. The number of benzene rings is 2. The van der Waals surface area contributed by atoms with Crippen LogP contribution in [0.3, 0.4) is 0 Å². The second-order valence-corrected chi connectivity index (χ2v) is 11.8. The van der Waals surface area contributed by atoms with Gasteiger partial charge in [0.05, 0.1) is 51.8 Å². The summed E-state index contributed by atoms with van der Waals surface area (Å²) in [6, 6.07) is 6.02. The fourth-order valence-electron chi connectivity index (χ4n) is 5.60. The quantitative estimate of drug-likeness (QED) is 0.278. The van der Waals surface area contributed by atoms with E-state index in [1.165, 1.54) is 26.4 Å². The van der Waals surface area contributed by atoms with Crippen LogP contribution in [0.1, 0.15) is 32.2 Å². The predicted molar refractivity (Wildman–Crippen MR) is 162 cm³/mol. The summed E-state index contributed by atoms with van der Waals surface area (Å²) < 4.78 is 68.4. The largest absolute Gasteiger partial charge is 0.493 e. The van der Waals surface area contributed by atoms with E-state index in [0.29, 0.717) is 80.6 Å². The number of ether oxygens (including phenoxy) is 5. The number of carbonyl (C=O) groups is 2. The Morgan fingerprint density at radius 1 is 0.761 bits per heavy atom. The molecule has 246 valence electrons. The molecule has 2 aliphatic rings. The second kappa shape index (κ2) is 12.7. The molecule has 2 amide bonds. The predicted octanol–water partition coefficient (Wildman–Crippen LogP) is 2.61. The lowest BCUT2D eigenvalue weighted by atomic mass is 10.1. The highest BCUT2D eigenvalue weighted by Gasteiger charge is 2.30. The summed E-state index contributed by atoms with van der Waals surface area (Å²) in [7, 11) is -1.62. The Morgan fingerprint density at radius 3 is 1.83 bits per heavy atom. The smallest absolute Gasteiger partial charge is 0.380 e. The number of furan rings is 2. The highest BCUT2D eigenvalue weighted by atomic mass is 32.2. The van der Waals surface area contributed by atoms with Crippen LogP contribution < -0.4 is 23.5 Å². The number of nitrogens with zero attached hydrogens (tertiary/aromatic N) is 2. The molecule has 2 N–H and O–H groups in total. The molecule has 0 radical (unpaired) electrons. The van der Waals surface area contributed by atoms with Gasteiger partial charge in [-0.1, -0.05) is 0 Å². The Hall–Kier alpha value is -4.51. The van der Waals surface area contributed by atoms with Crippen molar-refractivity contribution in [1.82, 2.24) is 9.80 Å². The third-order valence-corrected chi connectivity index (χ3v) is 8.20. The summed E-state index contributed by atoms with van der Waals surface area (Å²) in [5, 5.41) is 5.92. The van der Waals surface area contributed by atoms with Gasteiger partial charge in [-0.3, -0.25) is 9.59 Å². The summed E-state index contributed by atoms with van der Waals surface area (Å²) in [6.45, 7) is 4.71. The van der Waals surface area contributed by atoms with Gasteiger partial charge < -0.3 is 46.5 Å². The second-order valence-electron chi connectivity index (χ2n) is 10.6. The summed E-state index contributed by atoms with van der Waals surface area (Å²) in [6.07, 6.45) is 0. The number of nitrogens with two attached hydrogens (primary N) is 1. The molecule has 2 aromatic carbocycles. The van der Waals surface area contributed by atoms with Crippen molar-refractivity contribution in [2.75, 3.05) is 66.8 Å². The Labute approximate surface area is 263 Å². The first-order valence-electron chi connectivity index (χ1n) is 14.4. The number of rotatable bonds is 9. The van der Waals surface area contributed by atoms with Gasteiger partial charge in [0.1, 0.15) is 23.5 Å². The van der Waals surface area contributed by atoms with Crippen LogP contribution >= 0.6 is 0 Å². The average molecular weight is 660 g/mol. The molecule has 4 heterocycles. The molecule has 46 heavy (non-hydrogen) atoms. The number of aryl methyl sites for hydroxylation is 1. The lowest BCUT2D eigenvalue weighted by Gasteiger charge is -2.27. The summed E-state index contributed by atoms with van der Waals surface area (Å²) in [5.41, 5.74) is 1.21. The number of hydrogen-bond donors (Lipinski definition) is 1. The van der Waals surface area contributed by atoms with E-state index in [1.807, 2.05) is 0 Å². The number of fused-ring (bicyclic) bond motifs is 2. The van der Waals surface area contributed by atoms with Crippen LogP contribution in [-0.4, -0.2) is 96.9 Å². The van der Waals surface area contributed by atoms with Crippen LogP contribution in [0, 0.1) is 6.92 Å². The molecule has 0 atom stereocenters. The van der Waals surface area contributed by atoms with Crippen molar-refractivity contribution >= 4 is 44.1 Å². The number of carbonyl (C=O) groups excluding carboxylic acids is 2. The van der Waals surface area contributed by atoms with Gasteiger partial charge in [-0.15, -0.1) is 0 Å². The normalized spacial score (nSPS) is 15.7. The van der Waals surface area contributed by atoms with E-state index in [1.54, 1.807) is 28.9 Å². The van der Waals surface area contributed by atoms with Crippen LogP contribution in [0.15, 0.2) is 33.1 Å². The highest BCUT2D eigenvalue weighted by Crippen LogP contribution is 2.40.